The molecule has 92 valence electrons. The van der Waals surface area contributed by atoms with Crippen LogP contribution in [0.25, 0.3) is 0 Å². The van der Waals surface area contributed by atoms with E-state index in [1.165, 1.54) is 18.5 Å². The van der Waals surface area contributed by atoms with E-state index in [1.54, 1.807) is 0 Å². The zero-order valence-corrected chi connectivity index (χ0v) is 12.2. The number of hydrogen-bond donors (Lipinski definition) is 1. The summed E-state index contributed by atoms with van der Waals surface area (Å²) in [4.78, 5) is 0. The topological polar surface area (TPSA) is 29.9 Å². The van der Waals surface area contributed by atoms with Gasteiger partial charge < -0.3 is 5.32 Å². The van der Waals surface area contributed by atoms with Crippen LogP contribution in [0.15, 0.2) is 10.7 Å². The molecule has 0 aliphatic heterocycles. The predicted octanol–water partition coefficient (Wildman–Crippen LogP) is 3.41. The fourth-order valence-electron chi connectivity index (χ4n) is 1.92. The Morgan fingerprint density at radius 2 is 2.19 bits per heavy atom. The minimum absolute atomic E-state index is 0.391. The van der Waals surface area contributed by atoms with Crippen molar-refractivity contribution in [1.29, 1.82) is 0 Å². The Labute approximate surface area is 107 Å². The van der Waals surface area contributed by atoms with Gasteiger partial charge in [0.1, 0.15) is 0 Å². The van der Waals surface area contributed by atoms with Crippen LogP contribution in [0.3, 0.4) is 0 Å². The summed E-state index contributed by atoms with van der Waals surface area (Å²) in [6.07, 6.45) is 5.50. The summed E-state index contributed by atoms with van der Waals surface area (Å²) >= 11 is 3.58. The molecule has 0 spiro atoms. The molecule has 3 nitrogen and oxygen atoms in total. The first-order chi connectivity index (χ1) is 7.56. The minimum atomic E-state index is 0.391. The van der Waals surface area contributed by atoms with Gasteiger partial charge in [0.25, 0.3) is 0 Å². The SMILES string of the molecule is CCCCC(NC(C)C)c1c(Br)cnn1C. The summed E-state index contributed by atoms with van der Waals surface area (Å²) in [5.41, 5.74) is 1.25. The van der Waals surface area contributed by atoms with E-state index in [4.69, 9.17) is 0 Å². The number of aryl methyl sites for hydroxylation is 1. The third kappa shape index (κ3) is 3.59. The fourth-order valence-corrected chi connectivity index (χ4v) is 2.55. The molecule has 0 saturated carbocycles. The number of nitrogens with zero attached hydrogens (tertiary/aromatic N) is 2. The van der Waals surface area contributed by atoms with E-state index < -0.39 is 0 Å². The second kappa shape index (κ2) is 6.40. The molecule has 16 heavy (non-hydrogen) atoms. The number of aromatic nitrogens is 2. The van der Waals surface area contributed by atoms with Gasteiger partial charge in [-0.15, -0.1) is 0 Å². The Kier molecular flexibility index (Phi) is 5.49. The van der Waals surface area contributed by atoms with Crippen LogP contribution in [0.4, 0.5) is 0 Å². The van der Waals surface area contributed by atoms with Gasteiger partial charge in [-0.05, 0) is 22.4 Å². The molecule has 1 aromatic rings. The minimum Gasteiger partial charge on any atom is -0.306 e. The molecule has 1 rings (SSSR count). The van der Waals surface area contributed by atoms with Crippen molar-refractivity contribution in [2.75, 3.05) is 0 Å². The normalized spacial score (nSPS) is 13.4. The monoisotopic (exact) mass is 287 g/mol. The van der Waals surface area contributed by atoms with Crippen molar-refractivity contribution in [3.63, 3.8) is 0 Å². The van der Waals surface area contributed by atoms with E-state index in [2.05, 4.69) is 47.1 Å². The summed E-state index contributed by atoms with van der Waals surface area (Å²) in [6, 6.07) is 0.880. The van der Waals surface area contributed by atoms with E-state index in [1.807, 2.05) is 17.9 Å². The van der Waals surface area contributed by atoms with E-state index in [-0.39, 0.29) is 0 Å². The average Bonchev–Trinajstić information content (AvgIpc) is 2.53. The molecule has 1 unspecified atom stereocenters. The Morgan fingerprint density at radius 3 is 2.62 bits per heavy atom. The van der Waals surface area contributed by atoms with Crippen molar-refractivity contribution >= 4 is 15.9 Å². The van der Waals surface area contributed by atoms with Gasteiger partial charge in [0, 0.05) is 13.1 Å². The lowest BCUT2D eigenvalue weighted by atomic mass is 10.1. The van der Waals surface area contributed by atoms with Crippen LogP contribution in [-0.4, -0.2) is 15.8 Å². The van der Waals surface area contributed by atoms with Gasteiger partial charge in [-0.1, -0.05) is 33.6 Å². The van der Waals surface area contributed by atoms with Gasteiger partial charge in [-0.25, -0.2) is 0 Å². The summed E-state index contributed by atoms with van der Waals surface area (Å²) in [7, 11) is 2.00. The average molecular weight is 288 g/mol. The number of halogens is 1. The Bertz CT molecular complexity index is 301. The van der Waals surface area contributed by atoms with Gasteiger partial charge in [0.2, 0.25) is 0 Å². The highest BCUT2D eigenvalue weighted by atomic mass is 79.9. The molecule has 1 heterocycles. The van der Waals surface area contributed by atoms with E-state index >= 15 is 0 Å². The van der Waals surface area contributed by atoms with Crippen molar-refractivity contribution in [2.24, 2.45) is 7.05 Å². The molecule has 0 bridgehead atoms. The van der Waals surface area contributed by atoms with Crippen LogP contribution in [0.2, 0.25) is 0 Å². The summed E-state index contributed by atoms with van der Waals surface area (Å²) in [5, 5.41) is 7.89. The second-order valence-electron chi connectivity index (χ2n) is 4.52. The summed E-state index contributed by atoms with van der Waals surface area (Å²) < 4.78 is 3.06. The molecule has 1 atom stereocenters. The van der Waals surface area contributed by atoms with Crippen LogP contribution in [0, 0.1) is 0 Å². The molecule has 1 N–H and O–H groups in total. The lowest BCUT2D eigenvalue weighted by molar-refractivity contribution is 0.417. The standard InChI is InChI=1S/C12H22BrN3/c1-5-6-7-11(15-9(2)3)12-10(13)8-14-16(12)4/h8-9,11,15H,5-7H2,1-4H3. The quantitative estimate of drug-likeness (QED) is 0.869. The lowest BCUT2D eigenvalue weighted by Crippen LogP contribution is -2.29. The highest BCUT2D eigenvalue weighted by Crippen LogP contribution is 2.26. The number of rotatable bonds is 6. The smallest absolute Gasteiger partial charge is 0.0692 e. The van der Waals surface area contributed by atoms with Gasteiger partial charge >= 0.3 is 0 Å². The number of unbranched alkanes of at least 4 members (excludes halogenated alkanes) is 1. The molecule has 4 heteroatoms. The predicted molar refractivity (Wildman–Crippen MR) is 71.4 cm³/mol. The molecule has 1 aromatic heterocycles. The fraction of sp³-hybridized carbons (Fsp3) is 0.750. The molecule has 0 aromatic carbocycles. The van der Waals surface area contributed by atoms with Gasteiger partial charge in [-0.3, -0.25) is 4.68 Å². The molecule has 0 fully saturated rings. The van der Waals surface area contributed by atoms with Gasteiger partial charge in [0.05, 0.1) is 22.4 Å². The highest BCUT2D eigenvalue weighted by Gasteiger charge is 2.18. The maximum atomic E-state index is 4.28. The van der Waals surface area contributed by atoms with Crippen LogP contribution in [-0.2, 0) is 7.05 Å². The maximum Gasteiger partial charge on any atom is 0.0692 e. The third-order valence-electron chi connectivity index (χ3n) is 2.65. The van der Waals surface area contributed by atoms with Crippen molar-refractivity contribution in [1.82, 2.24) is 15.1 Å². The van der Waals surface area contributed by atoms with Gasteiger partial charge in [-0.2, -0.15) is 5.10 Å². The maximum absolute atomic E-state index is 4.28. The first-order valence-electron chi connectivity index (χ1n) is 5.99. The first kappa shape index (κ1) is 13.7. The van der Waals surface area contributed by atoms with Crippen LogP contribution in [0.1, 0.15) is 51.8 Å². The van der Waals surface area contributed by atoms with Crippen molar-refractivity contribution in [2.45, 2.75) is 52.1 Å². The van der Waals surface area contributed by atoms with Crippen molar-refractivity contribution in [3.8, 4) is 0 Å². The molecule has 0 aliphatic rings. The molecule has 0 saturated heterocycles. The third-order valence-corrected chi connectivity index (χ3v) is 3.26. The van der Waals surface area contributed by atoms with Crippen LogP contribution in [0.5, 0.6) is 0 Å². The van der Waals surface area contributed by atoms with E-state index in [0.29, 0.717) is 12.1 Å². The molecule has 0 aliphatic carbocycles. The zero-order chi connectivity index (χ0) is 12.1. The summed E-state index contributed by atoms with van der Waals surface area (Å²) in [6.45, 7) is 6.59. The van der Waals surface area contributed by atoms with E-state index in [0.717, 1.165) is 10.9 Å². The first-order valence-corrected chi connectivity index (χ1v) is 6.79. The Hall–Kier alpha value is -0.350. The van der Waals surface area contributed by atoms with Crippen molar-refractivity contribution in [3.05, 3.63) is 16.4 Å². The number of hydrogen-bond acceptors (Lipinski definition) is 2. The Balaban J connectivity index is 2.82. The van der Waals surface area contributed by atoms with Gasteiger partial charge in [0.15, 0.2) is 0 Å². The largest absolute Gasteiger partial charge is 0.306 e. The van der Waals surface area contributed by atoms with E-state index in [9.17, 15) is 0 Å². The lowest BCUT2D eigenvalue weighted by Gasteiger charge is -2.22. The second-order valence-corrected chi connectivity index (χ2v) is 5.37. The van der Waals surface area contributed by atoms with Crippen molar-refractivity contribution < 1.29 is 0 Å². The summed E-state index contributed by atoms with van der Waals surface area (Å²) in [5.74, 6) is 0. The molecule has 0 radical (unpaired) electrons. The van der Waals surface area contributed by atoms with Crippen LogP contribution < -0.4 is 5.32 Å². The molecular formula is C12H22BrN3. The zero-order valence-electron chi connectivity index (χ0n) is 10.6. The Morgan fingerprint density at radius 1 is 1.50 bits per heavy atom. The number of nitrogens with one attached hydrogen (secondary N) is 1. The molecule has 0 amide bonds. The molecular weight excluding hydrogens is 266 g/mol. The highest BCUT2D eigenvalue weighted by molar-refractivity contribution is 9.10. The van der Waals surface area contributed by atoms with Crippen LogP contribution >= 0.6 is 15.9 Å².